The number of carboxylic acid groups (broad SMARTS) is 1. The second kappa shape index (κ2) is 4.74. The van der Waals surface area contributed by atoms with Gasteiger partial charge in [0.15, 0.2) is 11.5 Å². The van der Waals surface area contributed by atoms with Crippen LogP contribution in [0.15, 0.2) is 18.2 Å². The predicted molar refractivity (Wildman–Crippen MR) is 68.3 cm³/mol. The van der Waals surface area contributed by atoms with Crippen molar-refractivity contribution in [2.75, 3.05) is 13.3 Å². The highest BCUT2D eigenvalue weighted by Gasteiger charge is 2.34. The van der Waals surface area contributed by atoms with E-state index in [-0.39, 0.29) is 18.9 Å². The summed E-state index contributed by atoms with van der Waals surface area (Å²) in [4.78, 5) is 13.3. The van der Waals surface area contributed by atoms with Crippen LogP contribution in [0.3, 0.4) is 0 Å². The van der Waals surface area contributed by atoms with Gasteiger partial charge in [-0.25, -0.2) is 0 Å². The molecule has 0 aromatic heterocycles. The highest BCUT2D eigenvalue weighted by atomic mass is 16.7. The molecule has 0 bridgehead atoms. The van der Waals surface area contributed by atoms with Crippen molar-refractivity contribution in [1.82, 2.24) is 4.90 Å². The Morgan fingerprint density at radius 3 is 3.00 bits per heavy atom. The molecule has 2 atom stereocenters. The molecule has 1 aromatic carbocycles. The number of aliphatic carboxylic acids is 1. The van der Waals surface area contributed by atoms with Gasteiger partial charge in [0.1, 0.15) is 6.04 Å². The third-order valence-corrected chi connectivity index (χ3v) is 3.96. The van der Waals surface area contributed by atoms with Crippen molar-refractivity contribution in [3.05, 3.63) is 23.8 Å². The lowest BCUT2D eigenvalue weighted by Crippen LogP contribution is -2.37. The van der Waals surface area contributed by atoms with E-state index in [0.717, 1.165) is 36.4 Å². The van der Waals surface area contributed by atoms with Crippen molar-refractivity contribution in [2.45, 2.75) is 31.8 Å². The Morgan fingerprint density at radius 1 is 1.42 bits per heavy atom. The third-order valence-electron chi connectivity index (χ3n) is 3.96. The summed E-state index contributed by atoms with van der Waals surface area (Å²) in [6, 6.07) is 5.51. The minimum atomic E-state index is -0.731. The first kappa shape index (κ1) is 12.3. The van der Waals surface area contributed by atoms with Gasteiger partial charge in [0, 0.05) is 6.04 Å². The first-order valence-electron chi connectivity index (χ1n) is 6.55. The second-order valence-corrected chi connectivity index (χ2v) is 5.02. The molecule has 2 aliphatic rings. The molecule has 0 spiro atoms. The third kappa shape index (κ3) is 2.14. The average Bonchev–Trinajstić information content (AvgIpc) is 3.05. The van der Waals surface area contributed by atoms with E-state index in [2.05, 4.69) is 0 Å². The lowest BCUT2D eigenvalue weighted by Gasteiger charge is -2.28. The van der Waals surface area contributed by atoms with Crippen LogP contribution in [0, 0.1) is 0 Å². The number of nitrogens with zero attached hydrogens (tertiary/aromatic N) is 1. The number of ether oxygens (including phenoxy) is 2. The monoisotopic (exact) mass is 263 g/mol. The maximum absolute atomic E-state index is 11.2. The topological polar surface area (TPSA) is 59.0 Å². The van der Waals surface area contributed by atoms with Crippen molar-refractivity contribution < 1.29 is 19.4 Å². The van der Waals surface area contributed by atoms with Gasteiger partial charge in [0.2, 0.25) is 6.79 Å². The van der Waals surface area contributed by atoms with Gasteiger partial charge in [-0.05, 0) is 44.0 Å². The Hall–Kier alpha value is -1.75. The van der Waals surface area contributed by atoms with Gasteiger partial charge in [-0.3, -0.25) is 9.69 Å². The normalized spacial score (nSPS) is 23.5. The Balaban J connectivity index is 1.83. The molecule has 2 heterocycles. The number of carboxylic acids is 1. The fourth-order valence-corrected chi connectivity index (χ4v) is 2.88. The maximum atomic E-state index is 11.2. The van der Waals surface area contributed by atoms with Gasteiger partial charge in [-0.15, -0.1) is 0 Å². The quantitative estimate of drug-likeness (QED) is 0.904. The van der Waals surface area contributed by atoms with Crippen LogP contribution in [0.1, 0.15) is 31.4 Å². The van der Waals surface area contributed by atoms with Gasteiger partial charge in [-0.1, -0.05) is 6.07 Å². The SMILES string of the molecule is CC(c1ccc2c(c1)OCO2)N1CCC[C@H]1C(=O)O. The van der Waals surface area contributed by atoms with Gasteiger partial charge < -0.3 is 14.6 Å². The zero-order valence-electron chi connectivity index (χ0n) is 10.8. The van der Waals surface area contributed by atoms with Crippen molar-refractivity contribution >= 4 is 5.97 Å². The van der Waals surface area contributed by atoms with Crippen LogP contribution >= 0.6 is 0 Å². The van der Waals surface area contributed by atoms with Gasteiger partial charge in [0.25, 0.3) is 0 Å². The molecular weight excluding hydrogens is 246 g/mol. The smallest absolute Gasteiger partial charge is 0.320 e. The van der Waals surface area contributed by atoms with Gasteiger partial charge in [0.05, 0.1) is 0 Å². The summed E-state index contributed by atoms with van der Waals surface area (Å²) in [5.74, 6) is 0.771. The molecule has 1 saturated heterocycles. The first-order chi connectivity index (χ1) is 9.16. The van der Waals surface area contributed by atoms with Crippen LogP contribution in [0.2, 0.25) is 0 Å². The van der Waals surface area contributed by atoms with E-state index in [1.54, 1.807) is 0 Å². The molecule has 3 rings (SSSR count). The van der Waals surface area contributed by atoms with E-state index in [0.29, 0.717) is 0 Å². The highest BCUT2D eigenvalue weighted by molar-refractivity contribution is 5.73. The molecule has 5 nitrogen and oxygen atoms in total. The van der Waals surface area contributed by atoms with E-state index in [1.807, 2.05) is 30.0 Å². The van der Waals surface area contributed by atoms with Gasteiger partial charge >= 0.3 is 5.97 Å². The molecule has 0 saturated carbocycles. The molecule has 0 radical (unpaired) electrons. The number of likely N-dealkylation sites (tertiary alicyclic amines) is 1. The summed E-state index contributed by atoms with van der Waals surface area (Å²) in [5.41, 5.74) is 1.07. The molecule has 2 aliphatic heterocycles. The fraction of sp³-hybridized carbons (Fsp3) is 0.500. The zero-order valence-corrected chi connectivity index (χ0v) is 10.8. The molecule has 1 unspecified atom stereocenters. The molecule has 1 fully saturated rings. The van der Waals surface area contributed by atoms with E-state index >= 15 is 0 Å². The maximum Gasteiger partial charge on any atom is 0.320 e. The summed E-state index contributed by atoms with van der Waals surface area (Å²) in [6.45, 7) is 3.13. The van der Waals surface area contributed by atoms with E-state index in [1.165, 1.54) is 0 Å². The minimum Gasteiger partial charge on any atom is -0.480 e. The predicted octanol–water partition coefficient (Wildman–Crippen LogP) is 2.03. The highest BCUT2D eigenvalue weighted by Crippen LogP contribution is 2.37. The summed E-state index contributed by atoms with van der Waals surface area (Å²) in [5, 5.41) is 9.25. The fourth-order valence-electron chi connectivity index (χ4n) is 2.88. The molecular formula is C14H17NO4. The Morgan fingerprint density at radius 2 is 2.21 bits per heavy atom. The zero-order chi connectivity index (χ0) is 13.4. The molecule has 1 aromatic rings. The lowest BCUT2D eigenvalue weighted by atomic mass is 10.1. The van der Waals surface area contributed by atoms with Crippen LogP contribution in [-0.2, 0) is 4.79 Å². The van der Waals surface area contributed by atoms with Gasteiger partial charge in [-0.2, -0.15) is 0 Å². The molecule has 19 heavy (non-hydrogen) atoms. The molecule has 1 N–H and O–H groups in total. The Labute approximate surface area is 111 Å². The number of rotatable bonds is 3. The second-order valence-electron chi connectivity index (χ2n) is 5.02. The Kier molecular flexibility index (Phi) is 3.06. The summed E-state index contributed by atoms with van der Waals surface area (Å²) in [6.07, 6.45) is 1.66. The number of benzene rings is 1. The lowest BCUT2D eigenvalue weighted by molar-refractivity contribution is -0.142. The van der Waals surface area contributed by atoms with Crippen LogP contribution in [0.4, 0.5) is 0 Å². The van der Waals surface area contributed by atoms with Crippen LogP contribution in [0.25, 0.3) is 0 Å². The van der Waals surface area contributed by atoms with Crippen molar-refractivity contribution in [3.63, 3.8) is 0 Å². The number of hydrogen-bond donors (Lipinski definition) is 1. The summed E-state index contributed by atoms with van der Waals surface area (Å²) in [7, 11) is 0. The van der Waals surface area contributed by atoms with Crippen molar-refractivity contribution in [3.8, 4) is 11.5 Å². The molecule has 0 aliphatic carbocycles. The summed E-state index contributed by atoms with van der Waals surface area (Å²) >= 11 is 0. The average molecular weight is 263 g/mol. The Bertz CT molecular complexity index is 502. The van der Waals surface area contributed by atoms with Crippen molar-refractivity contribution in [1.29, 1.82) is 0 Å². The van der Waals surface area contributed by atoms with E-state index in [4.69, 9.17) is 9.47 Å². The van der Waals surface area contributed by atoms with Crippen LogP contribution in [0.5, 0.6) is 11.5 Å². The van der Waals surface area contributed by atoms with E-state index < -0.39 is 5.97 Å². The number of fused-ring (bicyclic) bond motifs is 1. The minimum absolute atomic E-state index is 0.0677. The molecule has 102 valence electrons. The molecule has 0 amide bonds. The number of carbonyl (C=O) groups is 1. The van der Waals surface area contributed by atoms with Crippen molar-refractivity contribution in [2.24, 2.45) is 0 Å². The largest absolute Gasteiger partial charge is 0.480 e. The molecule has 5 heteroatoms. The first-order valence-corrected chi connectivity index (χ1v) is 6.55. The van der Waals surface area contributed by atoms with Crippen LogP contribution in [-0.4, -0.2) is 35.4 Å². The standard InChI is InChI=1S/C14H17NO4/c1-9(15-6-2-3-11(15)14(16)17)10-4-5-12-13(7-10)19-8-18-12/h4-5,7,9,11H,2-3,6,8H2,1H3,(H,16,17)/t9?,11-/m0/s1. The van der Waals surface area contributed by atoms with Crippen LogP contribution < -0.4 is 9.47 Å². The summed E-state index contributed by atoms with van der Waals surface area (Å²) < 4.78 is 10.7. The number of hydrogen-bond acceptors (Lipinski definition) is 4. The van der Waals surface area contributed by atoms with E-state index in [9.17, 15) is 9.90 Å².